The van der Waals surface area contributed by atoms with Crippen LogP contribution in [0, 0.1) is 0 Å². The predicted molar refractivity (Wildman–Crippen MR) is 53.7 cm³/mol. The van der Waals surface area contributed by atoms with Gasteiger partial charge in [-0.15, -0.1) is 0 Å². The van der Waals surface area contributed by atoms with Gasteiger partial charge in [-0.25, -0.2) is 9.89 Å². The smallest absolute Gasteiger partial charge is 0.359 e. The van der Waals surface area contributed by atoms with Crippen molar-refractivity contribution in [2.45, 2.75) is 0 Å². The molecule has 0 fully saturated rings. The summed E-state index contributed by atoms with van der Waals surface area (Å²) < 4.78 is 4.56. The summed E-state index contributed by atoms with van der Waals surface area (Å²) in [5, 5.41) is 6.83. The van der Waals surface area contributed by atoms with Crippen LogP contribution >= 0.6 is 0 Å². The summed E-state index contributed by atoms with van der Waals surface area (Å²) in [6, 6.07) is 6.74. The number of rotatable bonds is 1. The summed E-state index contributed by atoms with van der Waals surface area (Å²) >= 11 is 0. The Bertz CT molecular complexity index is 574. The Balaban J connectivity index is 2.83. The summed E-state index contributed by atoms with van der Waals surface area (Å²) in [7, 11) is 1.27. The number of carbonyl (C=O) groups is 1. The van der Waals surface area contributed by atoms with Gasteiger partial charge < -0.3 is 4.74 Å². The number of aromatic amines is 1. The number of hydrogen-bond acceptors (Lipinski definition) is 4. The minimum Gasteiger partial charge on any atom is -0.464 e. The Morgan fingerprint density at radius 1 is 1.33 bits per heavy atom. The van der Waals surface area contributed by atoms with Gasteiger partial charge in [0.2, 0.25) is 0 Å². The molecule has 15 heavy (non-hydrogen) atoms. The molecule has 0 spiro atoms. The van der Waals surface area contributed by atoms with Gasteiger partial charge in [0.05, 0.1) is 12.5 Å². The van der Waals surface area contributed by atoms with Gasteiger partial charge in [0.15, 0.2) is 5.69 Å². The van der Waals surface area contributed by atoms with E-state index in [9.17, 15) is 9.59 Å². The second-order valence-electron chi connectivity index (χ2n) is 2.94. The third-order valence-electron chi connectivity index (χ3n) is 2.07. The number of aromatic nitrogens is 2. The van der Waals surface area contributed by atoms with Crippen LogP contribution in [0.4, 0.5) is 0 Å². The first-order valence-electron chi connectivity index (χ1n) is 4.30. The lowest BCUT2D eigenvalue weighted by atomic mass is 10.1. The van der Waals surface area contributed by atoms with Crippen LogP contribution in [-0.4, -0.2) is 23.3 Å². The van der Waals surface area contributed by atoms with Crippen molar-refractivity contribution >= 4 is 16.7 Å². The largest absolute Gasteiger partial charge is 0.464 e. The molecule has 0 saturated carbocycles. The van der Waals surface area contributed by atoms with Gasteiger partial charge in [0.1, 0.15) is 0 Å². The molecule has 0 aliphatic heterocycles. The molecule has 5 heteroatoms. The third-order valence-corrected chi connectivity index (χ3v) is 2.07. The summed E-state index contributed by atoms with van der Waals surface area (Å²) in [6.45, 7) is 0. The molecule has 76 valence electrons. The van der Waals surface area contributed by atoms with Gasteiger partial charge in [-0.1, -0.05) is 18.2 Å². The summed E-state index contributed by atoms with van der Waals surface area (Å²) in [4.78, 5) is 22.7. The van der Waals surface area contributed by atoms with E-state index in [-0.39, 0.29) is 11.3 Å². The minimum absolute atomic E-state index is 0.118. The number of carbonyl (C=O) groups excluding carboxylic acids is 1. The Hall–Kier alpha value is -2.17. The average Bonchev–Trinajstić information content (AvgIpc) is 2.29. The van der Waals surface area contributed by atoms with Crippen LogP contribution in [0.3, 0.4) is 0 Å². The minimum atomic E-state index is -0.567. The van der Waals surface area contributed by atoms with Crippen LogP contribution in [0.1, 0.15) is 10.5 Å². The van der Waals surface area contributed by atoms with Crippen LogP contribution in [0.2, 0.25) is 0 Å². The first-order valence-corrected chi connectivity index (χ1v) is 4.30. The number of methoxy groups -OCH3 is 1. The van der Waals surface area contributed by atoms with Gasteiger partial charge in [-0.05, 0) is 6.07 Å². The molecule has 1 aromatic heterocycles. The van der Waals surface area contributed by atoms with Gasteiger partial charge in [0.25, 0.3) is 5.56 Å². The lowest BCUT2D eigenvalue weighted by Crippen LogP contribution is -2.14. The van der Waals surface area contributed by atoms with Gasteiger partial charge in [-0.3, -0.25) is 4.79 Å². The number of nitrogens with zero attached hydrogens (tertiary/aromatic N) is 1. The summed E-state index contributed by atoms with van der Waals surface area (Å²) in [5.41, 5.74) is -0.203. The fourth-order valence-electron chi connectivity index (χ4n) is 1.37. The van der Waals surface area contributed by atoms with Crippen molar-refractivity contribution in [3.63, 3.8) is 0 Å². The highest BCUT2D eigenvalue weighted by molar-refractivity contribution is 6.01. The molecule has 2 rings (SSSR count). The maximum atomic E-state index is 11.4. The molecule has 2 aromatic rings. The number of nitrogens with one attached hydrogen (secondary N) is 1. The third kappa shape index (κ3) is 1.48. The molecule has 0 bridgehead atoms. The first-order chi connectivity index (χ1) is 7.24. The molecule has 1 heterocycles. The van der Waals surface area contributed by atoms with E-state index < -0.39 is 5.97 Å². The lowest BCUT2D eigenvalue weighted by Gasteiger charge is -2.01. The number of fused-ring (bicyclic) bond motifs is 1. The van der Waals surface area contributed by atoms with E-state index in [1.54, 1.807) is 24.3 Å². The van der Waals surface area contributed by atoms with Crippen molar-refractivity contribution in [2.24, 2.45) is 0 Å². The van der Waals surface area contributed by atoms with Crippen LogP contribution < -0.4 is 5.56 Å². The molecule has 0 saturated heterocycles. The zero-order chi connectivity index (χ0) is 10.8. The van der Waals surface area contributed by atoms with Crippen molar-refractivity contribution < 1.29 is 9.53 Å². The van der Waals surface area contributed by atoms with Crippen molar-refractivity contribution in [3.8, 4) is 0 Å². The Labute approximate surface area is 84.7 Å². The Morgan fingerprint density at radius 2 is 2.00 bits per heavy atom. The van der Waals surface area contributed by atoms with E-state index >= 15 is 0 Å². The number of ether oxygens (including phenoxy) is 1. The predicted octanol–water partition coefficient (Wildman–Crippen LogP) is 0.710. The van der Waals surface area contributed by atoms with Gasteiger partial charge in [0, 0.05) is 5.39 Å². The first kappa shape index (κ1) is 9.39. The highest BCUT2D eigenvalue weighted by atomic mass is 16.5. The van der Waals surface area contributed by atoms with Crippen molar-refractivity contribution in [1.29, 1.82) is 0 Å². The molecule has 0 aliphatic rings. The number of H-pyrrole nitrogens is 1. The van der Waals surface area contributed by atoms with Crippen molar-refractivity contribution in [3.05, 3.63) is 40.3 Å². The van der Waals surface area contributed by atoms with Crippen LogP contribution in [-0.2, 0) is 4.74 Å². The van der Waals surface area contributed by atoms with E-state index in [0.29, 0.717) is 10.8 Å². The normalized spacial score (nSPS) is 10.2. The molecule has 0 aliphatic carbocycles. The molecule has 1 aromatic carbocycles. The standard InChI is InChI=1S/C10H8N2O3/c1-15-10(14)8-6-4-2-3-5-7(6)9(13)12-11-8/h2-5H,1H3,(H,12,13). The van der Waals surface area contributed by atoms with Crippen molar-refractivity contribution in [2.75, 3.05) is 7.11 Å². The molecular weight excluding hydrogens is 196 g/mol. The quantitative estimate of drug-likeness (QED) is 0.694. The average molecular weight is 204 g/mol. The van der Waals surface area contributed by atoms with E-state index in [1.165, 1.54) is 7.11 Å². The number of esters is 1. The summed E-state index contributed by atoms with van der Waals surface area (Å²) in [6.07, 6.45) is 0. The van der Waals surface area contributed by atoms with E-state index in [2.05, 4.69) is 14.9 Å². The molecule has 0 atom stereocenters. The SMILES string of the molecule is COC(=O)c1n[nH]c(=O)c2ccccc12. The molecule has 1 N–H and O–H groups in total. The highest BCUT2D eigenvalue weighted by Crippen LogP contribution is 2.12. The Morgan fingerprint density at radius 3 is 2.67 bits per heavy atom. The monoisotopic (exact) mass is 204 g/mol. The lowest BCUT2D eigenvalue weighted by molar-refractivity contribution is 0.0595. The summed E-state index contributed by atoms with van der Waals surface area (Å²) in [5.74, 6) is -0.567. The Kier molecular flexibility index (Phi) is 2.21. The maximum Gasteiger partial charge on any atom is 0.359 e. The zero-order valence-corrected chi connectivity index (χ0v) is 7.98. The molecule has 5 nitrogen and oxygen atoms in total. The highest BCUT2D eigenvalue weighted by Gasteiger charge is 2.13. The molecular formula is C10H8N2O3. The van der Waals surface area contributed by atoms with Crippen LogP contribution in [0.25, 0.3) is 10.8 Å². The van der Waals surface area contributed by atoms with Gasteiger partial charge >= 0.3 is 5.97 Å². The molecule has 0 radical (unpaired) electrons. The van der Waals surface area contributed by atoms with E-state index in [0.717, 1.165) is 0 Å². The van der Waals surface area contributed by atoms with Crippen molar-refractivity contribution in [1.82, 2.24) is 10.2 Å². The van der Waals surface area contributed by atoms with Crippen LogP contribution in [0.5, 0.6) is 0 Å². The second kappa shape index (κ2) is 3.53. The zero-order valence-electron chi connectivity index (χ0n) is 7.98. The molecule has 0 amide bonds. The fourth-order valence-corrected chi connectivity index (χ4v) is 1.37. The van der Waals surface area contributed by atoms with E-state index in [4.69, 9.17) is 0 Å². The van der Waals surface area contributed by atoms with E-state index in [1.807, 2.05) is 0 Å². The number of hydrogen-bond donors (Lipinski definition) is 1. The molecule has 0 unspecified atom stereocenters. The number of benzene rings is 1. The maximum absolute atomic E-state index is 11.4. The fraction of sp³-hybridized carbons (Fsp3) is 0.100. The van der Waals surface area contributed by atoms with Gasteiger partial charge in [-0.2, -0.15) is 5.10 Å². The second-order valence-corrected chi connectivity index (χ2v) is 2.94. The van der Waals surface area contributed by atoms with Crippen LogP contribution in [0.15, 0.2) is 29.1 Å². The topological polar surface area (TPSA) is 72.0 Å².